The molecule has 0 saturated carbocycles. The van der Waals surface area contributed by atoms with Gasteiger partial charge in [-0.3, -0.25) is 9.69 Å². The molecule has 2 aliphatic heterocycles. The molecule has 5 heteroatoms. The minimum Gasteiger partial charge on any atom is -0.352 e. The average molecular weight is 338 g/mol. The van der Waals surface area contributed by atoms with Crippen molar-refractivity contribution in [2.45, 2.75) is 38.8 Å². The van der Waals surface area contributed by atoms with Crippen molar-refractivity contribution >= 4 is 18.3 Å². The van der Waals surface area contributed by atoms with Crippen LogP contribution in [0.25, 0.3) is 0 Å². The van der Waals surface area contributed by atoms with E-state index in [-0.39, 0.29) is 24.2 Å². The highest BCUT2D eigenvalue weighted by Gasteiger charge is 2.20. The van der Waals surface area contributed by atoms with Crippen LogP contribution >= 0.6 is 12.4 Å². The van der Waals surface area contributed by atoms with Crippen LogP contribution in [-0.4, -0.2) is 37.0 Å². The summed E-state index contributed by atoms with van der Waals surface area (Å²) in [6.07, 6.45) is 4.59. The fourth-order valence-corrected chi connectivity index (χ4v) is 3.38. The zero-order valence-corrected chi connectivity index (χ0v) is 14.5. The Morgan fingerprint density at radius 2 is 1.70 bits per heavy atom. The molecule has 0 radical (unpaired) electrons. The van der Waals surface area contributed by atoms with Gasteiger partial charge < -0.3 is 10.6 Å². The van der Waals surface area contributed by atoms with E-state index in [0.29, 0.717) is 6.54 Å². The number of hydrogen-bond acceptors (Lipinski definition) is 3. The maximum absolute atomic E-state index is 12.1. The summed E-state index contributed by atoms with van der Waals surface area (Å²) < 4.78 is 0. The number of carbonyl (C=O) groups is 1. The fourth-order valence-electron chi connectivity index (χ4n) is 3.38. The highest BCUT2D eigenvalue weighted by Crippen LogP contribution is 2.14. The molecule has 128 valence electrons. The maximum Gasteiger partial charge on any atom is 0.223 e. The molecule has 1 amide bonds. The van der Waals surface area contributed by atoms with Gasteiger partial charge >= 0.3 is 0 Å². The van der Waals surface area contributed by atoms with Crippen LogP contribution in [0.3, 0.4) is 0 Å². The zero-order chi connectivity index (χ0) is 15.2. The number of amides is 1. The van der Waals surface area contributed by atoms with Crippen LogP contribution in [0.5, 0.6) is 0 Å². The normalized spacial score (nSPS) is 19.3. The summed E-state index contributed by atoms with van der Waals surface area (Å²) in [4.78, 5) is 14.6. The van der Waals surface area contributed by atoms with Gasteiger partial charge in [-0.15, -0.1) is 12.4 Å². The Hall–Kier alpha value is -1.10. The molecular formula is C18H28ClN3O. The smallest absolute Gasteiger partial charge is 0.223 e. The predicted octanol–water partition coefficient (Wildman–Crippen LogP) is 2.32. The van der Waals surface area contributed by atoms with Gasteiger partial charge in [0.1, 0.15) is 0 Å². The van der Waals surface area contributed by atoms with Crippen molar-refractivity contribution in [3.05, 3.63) is 35.4 Å². The molecule has 1 aromatic rings. The summed E-state index contributed by atoms with van der Waals surface area (Å²) >= 11 is 0. The molecule has 0 aromatic heterocycles. The molecule has 0 aliphatic carbocycles. The Morgan fingerprint density at radius 1 is 1.09 bits per heavy atom. The van der Waals surface area contributed by atoms with E-state index in [9.17, 15) is 4.79 Å². The van der Waals surface area contributed by atoms with Gasteiger partial charge in [0.05, 0.1) is 0 Å². The molecule has 0 atom stereocenters. The van der Waals surface area contributed by atoms with Gasteiger partial charge in [0.15, 0.2) is 0 Å². The van der Waals surface area contributed by atoms with Crippen LogP contribution in [0.2, 0.25) is 0 Å². The van der Waals surface area contributed by atoms with E-state index >= 15 is 0 Å². The van der Waals surface area contributed by atoms with Crippen LogP contribution in [0, 0.1) is 5.92 Å². The summed E-state index contributed by atoms with van der Waals surface area (Å²) in [5.74, 6) is 0.401. The summed E-state index contributed by atoms with van der Waals surface area (Å²) in [6, 6.07) is 8.69. The quantitative estimate of drug-likeness (QED) is 0.866. The van der Waals surface area contributed by atoms with E-state index in [1.54, 1.807) is 0 Å². The van der Waals surface area contributed by atoms with Gasteiger partial charge in [0, 0.05) is 19.0 Å². The van der Waals surface area contributed by atoms with Crippen molar-refractivity contribution in [2.75, 3.05) is 26.2 Å². The molecule has 23 heavy (non-hydrogen) atoms. The van der Waals surface area contributed by atoms with Crippen molar-refractivity contribution < 1.29 is 4.79 Å². The molecule has 0 bridgehead atoms. The van der Waals surface area contributed by atoms with Crippen molar-refractivity contribution in [2.24, 2.45) is 5.92 Å². The molecule has 2 aliphatic rings. The maximum atomic E-state index is 12.1. The monoisotopic (exact) mass is 337 g/mol. The number of likely N-dealkylation sites (tertiary alicyclic amines) is 1. The Bertz CT molecular complexity index is 480. The summed E-state index contributed by atoms with van der Waals surface area (Å²) in [7, 11) is 0. The first-order chi connectivity index (χ1) is 10.8. The lowest BCUT2D eigenvalue weighted by atomic mass is 9.97. The molecule has 1 aromatic carbocycles. The highest BCUT2D eigenvalue weighted by molar-refractivity contribution is 5.85. The zero-order valence-electron chi connectivity index (χ0n) is 13.7. The average Bonchev–Trinajstić information content (AvgIpc) is 3.08. The third-order valence-electron chi connectivity index (χ3n) is 4.80. The SMILES string of the molecule is Cl.O=C(NCc1ccc(CN2CCCC2)cc1)C1CCNCC1. The van der Waals surface area contributed by atoms with Crippen LogP contribution in [0.4, 0.5) is 0 Å². The van der Waals surface area contributed by atoms with Crippen molar-refractivity contribution in [1.82, 2.24) is 15.5 Å². The number of piperidine rings is 1. The van der Waals surface area contributed by atoms with E-state index in [1.807, 2.05) is 0 Å². The number of carbonyl (C=O) groups excluding carboxylic acids is 1. The minimum absolute atomic E-state index is 0. The summed E-state index contributed by atoms with van der Waals surface area (Å²) in [6.45, 7) is 6.09. The minimum atomic E-state index is 0. The van der Waals surface area contributed by atoms with Gasteiger partial charge in [0.25, 0.3) is 0 Å². The molecule has 0 spiro atoms. The Balaban J connectivity index is 0.00000192. The van der Waals surface area contributed by atoms with E-state index < -0.39 is 0 Å². The molecule has 0 unspecified atom stereocenters. The third-order valence-corrected chi connectivity index (χ3v) is 4.80. The number of benzene rings is 1. The van der Waals surface area contributed by atoms with Crippen molar-refractivity contribution in [3.8, 4) is 0 Å². The standard InChI is InChI=1S/C18H27N3O.ClH/c22-18(17-7-9-19-10-8-17)20-13-15-3-5-16(6-4-15)14-21-11-1-2-12-21;/h3-6,17,19H,1-2,7-14H2,(H,20,22);1H. The van der Waals surface area contributed by atoms with E-state index in [4.69, 9.17) is 0 Å². The number of hydrogen-bond donors (Lipinski definition) is 2. The topological polar surface area (TPSA) is 44.4 Å². The molecule has 3 rings (SSSR count). The van der Waals surface area contributed by atoms with Gasteiger partial charge in [-0.25, -0.2) is 0 Å². The lowest BCUT2D eigenvalue weighted by molar-refractivity contribution is -0.125. The second kappa shape index (κ2) is 9.26. The summed E-state index contributed by atoms with van der Waals surface area (Å²) in [5.41, 5.74) is 2.56. The molecule has 2 N–H and O–H groups in total. The largest absolute Gasteiger partial charge is 0.352 e. The second-order valence-electron chi connectivity index (χ2n) is 6.54. The van der Waals surface area contributed by atoms with Crippen LogP contribution in [-0.2, 0) is 17.9 Å². The first-order valence-electron chi connectivity index (χ1n) is 8.60. The lowest BCUT2D eigenvalue weighted by Crippen LogP contribution is -2.37. The highest BCUT2D eigenvalue weighted by atomic mass is 35.5. The number of nitrogens with zero attached hydrogens (tertiary/aromatic N) is 1. The first-order valence-corrected chi connectivity index (χ1v) is 8.60. The predicted molar refractivity (Wildman–Crippen MR) is 95.6 cm³/mol. The molecule has 2 heterocycles. The van der Waals surface area contributed by atoms with Crippen LogP contribution in [0.15, 0.2) is 24.3 Å². The number of rotatable bonds is 5. The van der Waals surface area contributed by atoms with Gasteiger partial charge in [-0.1, -0.05) is 24.3 Å². The fraction of sp³-hybridized carbons (Fsp3) is 0.611. The number of nitrogens with one attached hydrogen (secondary N) is 2. The van der Waals surface area contributed by atoms with Crippen molar-refractivity contribution in [3.63, 3.8) is 0 Å². The van der Waals surface area contributed by atoms with Gasteiger partial charge in [0.2, 0.25) is 5.91 Å². The van der Waals surface area contributed by atoms with E-state index in [0.717, 1.165) is 32.5 Å². The van der Waals surface area contributed by atoms with Gasteiger partial charge in [-0.05, 0) is 63.0 Å². The van der Waals surface area contributed by atoms with E-state index in [2.05, 4.69) is 39.8 Å². The Kier molecular flexibility index (Phi) is 7.34. The third kappa shape index (κ3) is 5.48. The summed E-state index contributed by atoms with van der Waals surface area (Å²) in [5, 5.41) is 6.38. The molecular weight excluding hydrogens is 310 g/mol. The Labute approximate surface area is 145 Å². The van der Waals surface area contributed by atoms with Gasteiger partial charge in [-0.2, -0.15) is 0 Å². The molecule has 2 fully saturated rings. The van der Waals surface area contributed by atoms with Crippen molar-refractivity contribution in [1.29, 1.82) is 0 Å². The second-order valence-corrected chi connectivity index (χ2v) is 6.54. The van der Waals surface area contributed by atoms with Crippen LogP contribution in [0.1, 0.15) is 36.8 Å². The number of halogens is 1. The lowest BCUT2D eigenvalue weighted by Gasteiger charge is -2.21. The molecule has 4 nitrogen and oxygen atoms in total. The van der Waals surface area contributed by atoms with Crippen LogP contribution < -0.4 is 10.6 Å². The first kappa shape index (κ1) is 18.2. The molecule has 2 saturated heterocycles. The van der Waals surface area contributed by atoms with E-state index in [1.165, 1.54) is 37.1 Å². The Morgan fingerprint density at radius 3 is 2.35 bits per heavy atom.